The molecule has 3 N–H and O–H groups in total. The van der Waals surface area contributed by atoms with Gasteiger partial charge < -0.3 is 15.7 Å². The molecule has 0 saturated carbocycles. The summed E-state index contributed by atoms with van der Waals surface area (Å²) in [4.78, 5) is 45.5. The van der Waals surface area contributed by atoms with Crippen molar-refractivity contribution in [3.05, 3.63) is 64.1 Å². The zero-order valence-electron chi connectivity index (χ0n) is 18.8. The molecule has 37 heavy (non-hydrogen) atoms. The summed E-state index contributed by atoms with van der Waals surface area (Å²) < 4.78 is 29.6. The van der Waals surface area contributed by atoms with Crippen molar-refractivity contribution in [1.29, 1.82) is 0 Å². The number of rotatable bonds is 3. The SMILES string of the molecule is O=C(Nc1ccc2ccccc2n1)[C@H]1[C@H]2CC(F)(F)CN2[C@]2(C(=O)Nc3c(Cl)cc(Cl)cc32)[C@H]1C(=O)O. The van der Waals surface area contributed by atoms with E-state index in [-0.39, 0.29) is 27.1 Å². The summed E-state index contributed by atoms with van der Waals surface area (Å²) in [6, 6.07) is 11.9. The van der Waals surface area contributed by atoms with Gasteiger partial charge in [0.15, 0.2) is 0 Å². The number of carbonyl (C=O) groups is 3. The molecule has 0 radical (unpaired) electrons. The van der Waals surface area contributed by atoms with E-state index < -0.39 is 60.1 Å². The molecule has 12 heteroatoms. The molecule has 4 heterocycles. The van der Waals surface area contributed by atoms with Crippen molar-refractivity contribution < 1.29 is 28.3 Å². The van der Waals surface area contributed by atoms with Crippen molar-refractivity contribution in [3.63, 3.8) is 0 Å². The molecule has 190 valence electrons. The number of alkyl halides is 2. The maximum Gasteiger partial charge on any atom is 0.310 e. The highest BCUT2D eigenvalue weighted by atomic mass is 35.5. The Hall–Kier alpha value is -3.34. The number of nitrogens with zero attached hydrogens (tertiary/aromatic N) is 2. The van der Waals surface area contributed by atoms with E-state index in [1.54, 1.807) is 24.3 Å². The first kappa shape index (κ1) is 24.0. The molecular weight excluding hydrogens is 529 g/mol. The zero-order valence-corrected chi connectivity index (χ0v) is 20.4. The van der Waals surface area contributed by atoms with Crippen molar-refractivity contribution in [2.75, 3.05) is 17.2 Å². The first-order valence-corrected chi connectivity index (χ1v) is 12.1. The maximum atomic E-state index is 14.8. The first-order chi connectivity index (χ1) is 17.5. The van der Waals surface area contributed by atoms with Crippen LogP contribution < -0.4 is 10.6 Å². The summed E-state index contributed by atoms with van der Waals surface area (Å²) in [5, 5.41) is 16.5. The molecule has 0 aliphatic carbocycles. The Morgan fingerprint density at radius 1 is 1.16 bits per heavy atom. The zero-order chi connectivity index (χ0) is 26.3. The lowest BCUT2D eigenvalue weighted by Crippen LogP contribution is -2.54. The number of aromatic nitrogens is 1. The molecule has 8 nitrogen and oxygen atoms in total. The smallest absolute Gasteiger partial charge is 0.310 e. The monoisotopic (exact) mass is 546 g/mol. The Balaban J connectivity index is 1.49. The summed E-state index contributed by atoms with van der Waals surface area (Å²) >= 11 is 12.5. The Morgan fingerprint density at radius 3 is 2.68 bits per heavy atom. The van der Waals surface area contributed by atoms with Crippen LogP contribution in [0.4, 0.5) is 20.3 Å². The van der Waals surface area contributed by atoms with Gasteiger partial charge in [0.2, 0.25) is 5.91 Å². The van der Waals surface area contributed by atoms with Gasteiger partial charge in [0.1, 0.15) is 17.3 Å². The number of pyridine rings is 1. The summed E-state index contributed by atoms with van der Waals surface area (Å²) in [6.07, 6.45) is -0.793. The van der Waals surface area contributed by atoms with Crippen LogP contribution in [-0.2, 0) is 19.9 Å². The van der Waals surface area contributed by atoms with Crippen LogP contribution in [0, 0.1) is 11.8 Å². The lowest BCUT2D eigenvalue weighted by molar-refractivity contribution is -0.153. The lowest BCUT2D eigenvalue weighted by atomic mass is 9.73. The highest BCUT2D eigenvalue weighted by molar-refractivity contribution is 6.38. The third-order valence-electron chi connectivity index (χ3n) is 7.46. The van der Waals surface area contributed by atoms with Gasteiger partial charge >= 0.3 is 5.97 Å². The quantitative estimate of drug-likeness (QED) is 0.449. The van der Waals surface area contributed by atoms with Gasteiger partial charge in [0.05, 0.1) is 28.7 Å². The van der Waals surface area contributed by atoms with E-state index in [0.717, 1.165) is 10.3 Å². The fourth-order valence-corrected chi connectivity index (χ4v) is 6.69. The summed E-state index contributed by atoms with van der Waals surface area (Å²) in [7, 11) is 0. The van der Waals surface area contributed by atoms with Crippen LogP contribution in [0.3, 0.4) is 0 Å². The predicted octanol–water partition coefficient (Wildman–Crippen LogP) is 4.37. The molecule has 2 fully saturated rings. The van der Waals surface area contributed by atoms with Crippen molar-refractivity contribution in [1.82, 2.24) is 9.88 Å². The first-order valence-electron chi connectivity index (χ1n) is 11.4. The van der Waals surface area contributed by atoms with Gasteiger partial charge in [0, 0.05) is 28.4 Å². The van der Waals surface area contributed by atoms with Crippen LogP contribution in [0.5, 0.6) is 0 Å². The van der Waals surface area contributed by atoms with Crippen LogP contribution in [-0.4, -0.2) is 51.3 Å². The number of benzene rings is 2. The Labute approximate surface area is 218 Å². The van der Waals surface area contributed by atoms with E-state index in [4.69, 9.17) is 23.2 Å². The maximum absolute atomic E-state index is 14.8. The van der Waals surface area contributed by atoms with Crippen LogP contribution in [0.15, 0.2) is 48.5 Å². The molecule has 3 aliphatic rings. The molecule has 1 aromatic heterocycles. The minimum absolute atomic E-state index is 0.0348. The highest BCUT2D eigenvalue weighted by Gasteiger charge is 2.74. The van der Waals surface area contributed by atoms with Gasteiger partial charge in [-0.25, -0.2) is 13.8 Å². The fraction of sp³-hybridized carbons (Fsp3) is 0.280. The van der Waals surface area contributed by atoms with E-state index in [2.05, 4.69) is 15.6 Å². The Kier molecular flexibility index (Phi) is 5.24. The topological polar surface area (TPSA) is 112 Å². The van der Waals surface area contributed by atoms with Crippen LogP contribution >= 0.6 is 23.2 Å². The molecule has 6 rings (SSSR count). The minimum atomic E-state index is -3.26. The summed E-state index contributed by atoms with van der Waals surface area (Å²) in [6.45, 7) is -0.906. The van der Waals surface area contributed by atoms with E-state index in [0.29, 0.717) is 5.52 Å². The standard InChI is InChI=1S/C25H18Cl2F2N4O4/c26-12-7-13-20(14(27)8-12)32-23(37)25(13)19(22(35)36)18(16-9-24(28,29)10-33(16)25)21(34)31-17-6-5-11-3-1-2-4-15(11)30-17/h1-8,16,18-19H,9-10H2,(H,32,37)(H,35,36)(H,30,31,34)/t16-,18+,19-,25+/m1/s1. The van der Waals surface area contributed by atoms with Crippen molar-refractivity contribution in [2.45, 2.75) is 23.9 Å². The fourth-order valence-electron chi connectivity index (χ4n) is 6.14. The third-order valence-corrected chi connectivity index (χ3v) is 7.97. The number of halogens is 4. The molecule has 2 aromatic carbocycles. The van der Waals surface area contributed by atoms with Crippen LogP contribution in [0.25, 0.3) is 10.9 Å². The summed E-state index contributed by atoms with van der Waals surface area (Å²) in [5.74, 6) is -9.49. The molecule has 0 bridgehead atoms. The number of anilines is 2. The van der Waals surface area contributed by atoms with E-state index in [1.807, 2.05) is 12.1 Å². The average Bonchev–Trinajstić information content (AvgIpc) is 3.40. The number of carbonyl (C=O) groups excluding carboxylic acids is 2. The molecule has 3 aromatic rings. The number of aliphatic carboxylic acids is 1. The summed E-state index contributed by atoms with van der Waals surface area (Å²) in [5.41, 5.74) is -1.38. The predicted molar refractivity (Wildman–Crippen MR) is 132 cm³/mol. The van der Waals surface area contributed by atoms with Gasteiger partial charge in [-0.05, 0) is 30.3 Å². The number of carboxylic acid groups (broad SMARTS) is 1. The lowest BCUT2D eigenvalue weighted by Gasteiger charge is -2.35. The van der Waals surface area contributed by atoms with Gasteiger partial charge in [-0.2, -0.15) is 0 Å². The van der Waals surface area contributed by atoms with Gasteiger partial charge in [-0.3, -0.25) is 19.3 Å². The number of amides is 2. The number of nitrogens with one attached hydrogen (secondary N) is 2. The molecule has 1 spiro atoms. The second-order valence-electron chi connectivity index (χ2n) is 9.51. The average molecular weight is 547 g/mol. The minimum Gasteiger partial charge on any atom is -0.481 e. The highest BCUT2D eigenvalue weighted by Crippen LogP contribution is 2.61. The molecule has 4 atom stereocenters. The molecule has 3 aliphatic heterocycles. The number of hydrogen-bond donors (Lipinski definition) is 3. The largest absolute Gasteiger partial charge is 0.481 e. The number of fused-ring (bicyclic) bond motifs is 5. The van der Waals surface area contributed by atoms with Gasteiger partial charge in [-0.1, -0.05) is 41.4 Å². The van der Waals surface area contributed by atoms with Gasteiger partial charge in [0.25, 0.3) is 11.8 Å². The number of carboxylic acids is 1. The van der Waals surface area contributed by atoms with Crippen molar-refractivity contribution in [2.24, 2.45) is 11.8 Å². The number of hydrogen-bond acceptors (Lipinski definition) is 5. The molecular formula is C25H18Cl2F2N4O4. The Bertz CT molecular complexity index is 1520. The van der Waals surface area contributed by atoms with E-state index in [1.165, 1.54) is 12.1 Å². The van der Waals surface area contributed by atoms with Crippen molar-refractivity contribution in [3.8, 4) is 0 Å². The Morgan fingerprint density at radius 2 is 1.92 bits per heavy atom. The second-order valence-corrected chi connectivity index (χ2v) is 10.3. The third kappa shape index (κ3) is 3.43. The second kappa shape index (κ2) is 8.08. The normalized spacial score (nSPS) is 27.8. The van der Waals surface area contributed by atoms with Crippen LogP contribution in [0.1, 0.15) is 12.0 Å². The molecule has 0 unspecified atom stereocenters. The molecule has 2 saturated heterocycles. The van der Waals surface area contributed by atoms with Crippen LogP contribution in [0.2, 0.25) is 10.0 Å². The van der Waals surface area contributed by atoms with Gasteiger partial charge in [-0.15, -0.1) is 0 Å². The van der Waals surface area contributed by atoms with Crippen molar-refractivity contribution >= 4 is 63.4 Å². The molecule has 2 amide bonds. The van der Waals surface area contributed by atoms with E-state index >= 15 is 0 Å². The van der Waals surface area contributed by atoms with E-state index in [9.17, 15) is 28.3 Å². The number of para-hydroxylation sites is 1.